The molecule has 0 radical (unpaired) electrons. The van der Waals surface area contributed by atoms with Gasteiger partial charge in [-0.05, 0) is 23.8 Å². The van der Waals surface area contributed by atoms with Crippen molar-refractivity contribution in [3.05, 3.63) is 40.6 Å². The van der Waals surface area contributed by atoms with E-state index in [9.17, 15) is 14.0 Å². The summed E-state index contributed by atoms with van der Waals surface area (Å²) in [4.78, 5) is 28.1. The van der Waals surface area contributed by atoms with E-state index in [1.807, 2.05) is 5.01 Å². The Hall–Kier alpha value is -1.81. The maximum absolute atomic E-state index is 13.0. The molecular formula is C18H22FN4O2S2+. The zero-order chi connectivity index (χ0) is 19.4. The number of hydrazine groups is 1. The molecule has 2 aliphatic rings. The number of carbonyl (C=O) groups is 2. The van der Waals surface area contributed by atoms with Crippen LogP contribution in [0.2, 0.25) is 0 Å². The number of hydrogen-bond acceptors (Lipinski definition) is 5. The van der Waals surface area contributed by atoms with Gasteiger partial charge < -0.3 is 4.90 Å². The Morgan fingerprint density at radius 2 is 2.00 bits per heavy atom. The van der Waals surface area contributed by atoms with Gasteiger partial charge in [0.05, 0.1) is 38.1 Å². The van der Waals surface area contributed by atoms with Crippen LogP contribution >= 0.6 is 24.0 Å². The van der Waals surface area contributed by atoms with E-state index in [-0.39, 0.29) is 30.6 Å². The van der Waals surface area contributed by atoms with Crippen molar-refractivity contribution < 1.29 is 18.9 Å². The topological polar surface area (TPSA) is 57.1 Å². The van der Waals surface area contributed by atoms with Gasteiger partial charge in [-0.1, -0.05) is 36.1 Å². The van der Waals surface area contributed by atoms with Crippen LogP contribution in [0.4, 0.5) is 4.39 Å². The lowest BCUT2D eigenvalue weighted by atomic mass is 10.2. The largest absolute Gasteiger partial charge is 0.335 e. The molecule has 3 rings (SSSR count). The third kappa shape index (κ3) is 5.35. The summed E-state index contributed by atoms with van der Waals surface area (Å²) < 4.78 is 13.4. The van der Waals surface area contributed by atoms with Crippen LogP contribution in [0.3, 0.4) is 0 Å². The number of nitrogens with zero attached hydrogens (tertiary/aromatic N) is 2. The highest BCUT2D eigenvalue weighted by Gasteiger charge is 2.32. The van der Waals surface area contributed by atoms with Gasteiger partial charge in [-0.3, -0.25) is 19.9 Å². The van der Waals surface area contributed by atoms with Gasteiger partial charge in [0.25, 0.3) is 5.91 Å². The molecule has 2 amide bonds. The van der Waals surface area contributed by atoms with Crippen molar-refractivity contribution in [3.8, 4) is 0 Å². The van der Waals surface area contributed by atoms with Crippen LogP contribution in [0.5, 0.6) is 0 Å². The van der Waals surface area contributed by atoms with Crippen molar-refractivity contribution in [3.63, 3.8) is 0 Å². The minimum Gasteiger partial charge on any atom is -0.335 e. The van der Waals surface area contributed by atoms with E-state index in [2.05, 4.69) is 12.5 Å². The summed E-state index contributed by atoms with van der Waals surface area (Å²) in [5.41, 5.74) is 3.62. The first-order valence-corrected chi connectivity index (χ1v) is 10.0. The van der Waals surface area contributed by atoms with E-state index in [4.69, 9.17) is 12.2 Å². The average molecular weight is 410 g/mol. The van der Waals surface area contributed by atoms with E-state index in [1.165, 1.54) is 33.7 Å². The highest BCUT2D eigenvalue weighted by Crippen LogP contribution is 2.32. The first-order valence-electron chi connectivity index (χ1n) is 8.79. The van der Waals surface area contributed by atoms with Gasteiger partial charge in [0.2, 0.25) is 5.91 Å². The highest BCUT2D eigenvalue weighted by atomic mass is 32.2. The fourth-order valence-electron chi connectivity index (χ4n) is 2.85. The highest BCUT2D eigenvalue weighted by molar-refractivity contribution is 8.26. The summed E-state index contributed by atoms with van der Waals surface area (Å²) in [6.45, 7) is 3.86. The van der Waals surface area contributed by atoms with Gasteiger partial charge in [0.15, 0.2) is 0 Å². The van der Waals surface area contributed by atoms with E-state index in [0.717, 1.165) is 31.7 Å². The van der Waals surface area contributed by atoms with Crippen LogP contribution in [0, 0.1) is 5.82 Å². The Balaban J connectivity index is 1.53. The maximum Gasteiger partial charge on any atom is 0.266 e. The Kier molecular flexibility index (Phi) is 6.59. The third-order valence-electron chi connectivity index (χ3n) is 4.50. The number of likely N-dealkylation sites (N-methyl/N-ethyl adjacent to an activating group) is 1. The Morgan fingerprint density at radius 3 is 2.67 bits per heavy atom. The van der Waals surface area contributed by atoms with Crippen LogP contribution in [-0.2, 0) is 9.59 Å². The molecule has 144 valence electrons. The molecule has 1 aromatic rings. The molecule has 2 N–H and O–H groups in total. The van der Waals surface area contributed by atoms with Crippen molar-refractivity contribution in [1.82, 2.24) is 15.3 Å². The van der Waals surface area contributed by atoms with Crippen LogP contribution in [0.25, 0.3) is 6.08 Å². The Morgan fingerprint density at radius 1 is 1.33 bits per heavy atom. The fourth-order valence-corrected chi connectivity index (χ4v) is 4.16. The molecular weight excluding hydrogens is 387 g/mol. The molecule has 2 fully saturated rings. The Bertz CT molecular complexity index is 761. The summed E-state index contributed by atoms with van der Waals surface area (Å²) in [6, 6.07) is 5.90. The van der Waals surface area contributed by atoms with Crippen LogP contribution in [-0.4, -0.2) is 65.8 Å². The summed E-state index contributed by atoms with van der Waals surface area (Å²) in [6.07, 6.45) is 1.88. The standard InChI is InChI=1S/C18H21FN4O2S2/c1-21-8-10-22(11-9-21)20-16(24)6-7-23-17(25)15(27-18(23)26)12-13-2-4-14(19)5-3-13/h2-5,12H,6-11H2,1H3,(H,20,24)/p+1/b15-12-. The molecule has 2 heterocycles. The third-order valence-corrected chi connectivity index (χ3v) is 5.88. The second-order valence-electron chi connectivity index (χ2n) is 6.61. The molecule has 27 heavy (non-hydrogen) atoms. The summed E-state index contributed by atoms with van der Waals surface area (Å²) >= 11 is 6.48. The number of halogens is 1. The van der Waals surface area contributed by atoms with Gasteiger partial charge in [-0.2, -0.15) is 0 Å². The SMILES string of the molecule is C[NH+]1CCN(NC(=O)CCN2C(=O)/C(=C/c3ccc(F)cc3)SC2=S)CC1. The molecule has 0 saturated carbocycles. The van der Waals surface area contributed by atoms with Crippen molar-refractivity contribution in [2.45, 2.75) is 6.42 Å². The lowest BCUT2D eigenvalue weighted by Crippen LogP contribution is -3.12. The molecule has 6 nitrogen and oxygen atoms in total. The van der Waals surface area contributed by atoms with E-state index >= 15 is 0 Å². The Labute approximate surface area is 167 Å². The van der Waals surface area contributed by atoms with Crippen molar-refractivity contribution in [1.29, 1.82) is 0 Å². The first-order chi connectivity index (χ1) is 12.9. The van der Waals surface area contributed by atoms with Crippen molar-refractivity contribution >= 4 is 46.2 Å². The summed E-state index contributed by atoms with van der Waals surface area (Å²) in [5, 5.41) is 1.92. The molecule has 1 aromatic carbocycles. The maximum atomic E-state index is 13.0. The minimum absolute atomic E-state index is 0.119. The smallest absolute Gasteiger partial charge is 0.266 e. The fraction of sp³-hybridized carbons (Fsp3) is 0.389. The number of hydrogen-bond donors (Lipinski definition) is 2. The predicted octanol–water partition coefficient (Wildman–Crippen LogP) is 0.279. The monoisotopic (exact) mass is 409 g/mol. The van der Waals surface area contributed by atoms with Gasteiger partial charge in [-0.25, -0.2) is 9.40 Å². The number of thioether (sulfide) groups is 1. The zero-order valence-electron chi connectivity index (χ0n) is 15.0. The lowest BCUT2D eigenvalue weighted by molar-refractivity contribution is -0.884. The molecule has 0 aliphatic carbocycles. The summed E-state index contributed by atoms with van der Waals surface area (Å²) in [7, 11) is 2.13. The number of quaternary nitrogens is 1. The molecule has 0 atom stereocenters. The quantitative estimate of drug-likeness (QED) is 0.541. The first kappa shape index (κ1) is 19.9. The average Bonchev–Trinajstić information content (AvgIpc) is 2.90. The number of piperazine rings is 1. The second-order valence-corrected chi connectivity index (χ2v) is 8.29. The number of benzene rings is 1. The van der Waals surface area contributed by atoms with Gasteiger partial charge in [0, 0.05) is 13.0 Å². The second kappa shape index (κ2) is 8.92. The zero-order valence-corrected chi connectivity index (χ0v) is 16.7. The van der Waals surface area contributed by atoms with Gasteiger partial charge in [0.1, 0.15) is 10.1 Å². The number of amides is 2. The summed E-state index contributed by atoms with van der Waals surface area (Å²) in [5.74, 6) is -0.663. The number of rotatable bonds is 5. The predicted molar refractivity (Wildman–Crippen MR) is 107 cm³/mol. The van der Waals surface area contributed by atoms with Crippen LogP contribution in [0.1, 0.15) is 12.0 Å². The molecule has 0 unspecified atom stereocenters. The molecule has 0 aromatic heterocycles. The van der Waals surface area contributed by atoms with Crippen LogP contribution < -0.4 is 10.3 Å². The van der Waals surface area contributed by atoms with Crippen LogP contribution in [0.15, 0.2) is 29.2 Å². The van der Waals surface area contributed by atoms with Crippen molar-refractivity contribution in [2.24, 2.45) is 0 Å². The molecule has 2 saturated heterocycles. The molecule has 0 bridgehead atoms. The number of carbonyl (C=O) groups excluding carboxylic acids is 2. The lowest BCUT2D eigenvalue weighted by Gasteiger charge is -2.30. The minimum atomic E-state index is -0.326. The van der Waals surface area contributed by atoms with Crippen molar-refractivity contribution in [2.75, 3.05) is 39.8 Å². The molecule has 9 heteroatoms. The van der Waals surface area contributed by atoms with Gasteiger partial charge in [-0.15, -0.1) is 0 Å². The van der Waals surface area contributed by atoms with E-state index < -0.39 is 0 Å². The van der Waals surface area contributed by atoms with Gasteiger partial charge >= 0.3 is 0 Å². The van der Waals surface area contributed by atoms with E-state index in [0.29, 0.717) is 9.23 Å². The number of thiocarbonyl (C=S) groups is 1. The molecule has 2 aliphatic heterocycles. The van der Waals surface area contributed by atoms with E-state index in [1.54, 1.807) is 18.2 Å². The molecule has 0 spiro atoms. The normalized spacial score (nSPS) is 20.5. The number of nitrogens with one attached hydrogen (secondary N) is 2.